The van der Waals surface area contributed by atoms with Crippen LogP contribution in [0.15, 0.2) is 54.1 Å². The minimum Gasteiger partial charge on any atom is -0.466 e. The lowest BCUT2D eigenvalue weighted by Gasteiger charge is -2.06. The maximum Gasteiger partial charge on any atom is 0.305 e. The molecule has 0 spiro atoms. The third kappa shape index (κ3) is 6.71. The summed E-state index contributed by atoms with van der Waals surface area (Å²) in [6.07, 6.45) is 7.87. The number of carbonyl (C=O) groups is 1. The molecule has 6 heteroatoms. The van der Waals surface area contributed by atoms with E-state index in [-0.39, 0.29) is 5.97 Å². The number of oxime groups is 1. The summed E-state index contributed by atoms with van der Waals surface area (Å²) >= 11 is 0. The molecule has 0 aliphatic rings. The highest BCUT2D eigenvalue weighted by Gasteiger charge is 2.09. The van der Waals surface area contributed by atoms with Crippen LogP contribution in [-0.4, -0.2) is 34.9 Å². The second-order valence-electron chi connectivity index (χ2n) is 5.35. The molecule has 1 heterocycles. The standard InChI is InChI=1S/C19H23N3O3/c1-2-24-18(23)11-7-4-8-14-25-22-19(16-9-5-3-6-10-16)17-15-20-12-13-21-17/h3,5-6,9-10,12-13,15H,2,4,7-8,11,14H2,1H3/b22-19-. The van der Waals surface area contributed by atoms with Crippen LogP contribution in [0.25, 0.3) is 0 Å². The van der Waals surface area contributed by atoms with Crippen LogP contribution in [-0.2, 0) is 14.4 Å². The molecule has 0 saturated carbocycles. The number of nitrogens with zero attached hydrogens (tertiary/aromatic N) is 3. The molecule has 0 bridgehead atoms. The van der Waals surface area contributed by atoms with Crippen LogP contribution < -0.4 is 0 Å². The summed E-state index contributed by atoms with van der Waals surface area (Å²) in [5, 5.41) is 4.25. The van der Waals surface area contributed by atoms with Gasteiger partial charge >= 0.3 is 5.97 Å². The topological polar surface area (TPSA) is 73.7 Å². The van der Waals surface area contributed by atoms with Crippen LogP contribution >= 0.6 is 0 Å². The van der Waals surface area contributed by atoms with Crippen LogP contribution in [0.3, 0.4) is 0 Å². The minimum atomic E-state index is -0.143. The first kappa shape index (κ1) is 18.6. The van der Waals surface area contributed by atoms with Gasteiger partial charge in [-0.15, -0.1) is 0 Å². The van der Waals surface area contributed by atoms with E-state index < -0.39 is 0 Å². The lowest BCUT2D eigenvalue weighted by Crippen LogP contribution is -2.07. The largest absolute Gasteiger partial charge is 0.466 e. The van der Waals surface area contributed by atoms with Crippen molar-refractivity contribution in [3.8, 4) is 0 Å². The second kappa shape index (κ2) is 10.9. The van der Waals surface area contributed by atoms with E-state index in [4.69, 9.17) is 9.57 Å². The summed E-state index contributed by atoms with van der Waals surface area (Å²) in [6, 6.07) is 9.74. The lowest BCUT2D eigenvalue weighted by atomic mass is 10.1. The van der Waals surface area contributed by atoms with Gasteiger partial charge in [-0.25, -0.2) is 0 Å². The summed E-state index contributed by atoms with van der Waals surface area (Å²) in [7, 11) is 0. The highest BCUT2D eigenvalue weighted by molar-refractivity contribution is 6.11. The summed E-state index contributed by atoms with van der Waals surface area (Å²) in [4.78, 5) is 25.1. The predicted octanol–water partition coefficient (Wildman–Crippen LogP) is 3.37. The van der Waals surface area contributed by atoms with E-state index in [0.29, 0.717) is 31.0 Å². The van der Waals surface area contributed by atoms with Crippen molar-refractivity contribution in [3.63, 3.8) is 0 Å². The number of carbonyl (C=O) groups excluding carboxylic acids is 1. The maximum atomic E-state index is 11.2. The summed E-state index contributed by atoms with van der Waals surface area (Å²) in [6.45, 7) is 2.73. The molecule has 0 aliphatic heterocycles. The molecule has 1 aromatic carbocycles. The van der Waals surface area contributed by atoms with Crippen molar-refractivity contribution in [2.75, 3.05) is 13.2 Å². The maximum absolute atomic E-state index is 11.2. The van der Waals surface area contributed by atoms with Crippen LogP contribution in [0, 0.1) is 0 Å². The van der Waals surface area contributed by atoms with Gasteiger partial charge in [0.15, 0.2) is 0 Å². The van der Waals surface area contributed by atoms with Gasteiger partial charge in [0.25, 0.3) is 0 Å². The molecule has 2 aromatic rings. The number of aromatic nitrogens is 2. The minimum absolute atomic E-state index is 0.143. The molecule has 0 radical (unpaired) electrons. The summed E-state index contributed by atoms with van der Waals surface area (Å²) < 4.78 is 4.89. The van der Waals surface area contributed by atoms with Crippen molar-refractivity contribution < 1.29 is 14.4 Å². The van der Waals surface area contributed by atoms with Crippen LogP contribution in [0.4, 0.5) is 0 Å². The number of ether oxygens (including phenoxy) is 1. The molecule has 1 aromatic heterocycles. The van der Waals surface area contributed by atoms with Gasteiger partial charge in [0.1, 0.15) is 18.0 Å². The average Bonchev–Trinajstić information content (AvgIpc) is 2.65. The second-order valence-corrected chi connectivity index (χ2v) is 5.35. The molecule has 0 aliphatic carbocycles. The molecule has 0 amide bonds. The van der Waals surface area contributed by atoms with Crippen LogP contribution in [0.1, 0.15) is 43.9 Å². The Bertz CT molecular complexity index is 619. The van der Waals surface area contributed by atoms with Crippen molar-refractivity contribution in [3.05, 3.63) is 60.2 Å². The van der Waals surface area contributed by atoms with E-state index in [1.165, 1.54) is 0 Å². The normalized spacial score (nSPS) is 11.2. The highest BCUT2D eigenvalue weighted by Crippen LogP contribution is 2.09. The van der Waals surface area contributed by atoms with Gasteiger partial charge < -0.3 is 9.57 Å². The fraction of sp³-hybridized carbons (Fsp3) is 0.368. The highest BCUT2D eigenvalue weighted by atomic mass is 16.6. The molecule has 2 rings (SSSR count). The van der Waals surface area contributed by atoms with Gasteiger partial charge in [0, 0.05) is 24.4 Å². The van der Waals surface area contributed by atoms with Gasteiger partial charge in [-0.3, -0.25) is 14.8 Å². The SMILES string of the molecule is CCOC(=O)CCCCCO/N=C(/c1ccccc1)c1cnccn1. The van der Waals surface area contributed by atoms with Crippen molar-refractivity contribution in [2.45, 2.75) is 32.6 Å². The van der Waals surface area contributed by atoms with Gasteiger partial charge in [-0.2, -0.15) is 0 Å². The molecular formula is C19H23N3O3. The molecule has 6 nitrogen and oxygen atoms in total. The number of hydrogen-bond donors (Lipinski definition) is 0. The summed E-state index contributed by atoms with van der Waals surface area (Å²) in [5.41, 5.74) is 2.24. The molecule has 25 heavy (non-hydrogen) atoms. The first-order chi connectivity index (χ1) is 12.3. The molecule has 0 N–H and O–H groups in total. The number of unbranched alkanes of at least 4 members (excludes halogenated alkanes) is 2. The van der Waals surface area contributed by atoms with Gasteiger partial charge in [-0.05, 0) is 26.2 Å². The zero-order chi connectivity index (χ0) is 17.7. The van der Waals surface area contributed by atoms with E-state index in [2.05, 4.69) is 15.1 Å². The van der Waals surface area contributed by atoms with E-state index in [1.54, 1.807) is 18.6 Å². The summed E-state index contributed by atoms with van der Waals surface area (Å²) in [5.74, 6) is -0.143. The van der Waals surface area contributed by atoms with Gasteiger partial charge in [0.2, 0.25) is 0 Å². The van der Waals surface area contributed by atoms with Crippen molar-refractivity contribution in [1.82, 2.24) is 9.97 Å². The first-order valence-electron chi connectivity index (χ1n) is 8.48. The molecule has 0 fully saturated rings. The van der Waals surface area contributed by atoms with Gasteiger partial charge in [0.05, 0.1) is 12.8 Å². The van der Waals surface area contributed by atoms with Crippen molar-refractivity contribution in [1.29, 1.82) is 0 Å². The molecule has 132 valence electrons. The monoisotopic (exact) mass is 341 g/mol. The van der Waals surface area contributed by atoms with Gasteiger partial charge in [-0.1, -0.05) is 35.5 Å². The fourth-order valence-corrected chi connectivity index (χ4v) is 2.22. The van der Waals surface area contributed by atoms with Crippen LogP contribution in [0.2, 0.25) is 0 Å². The molecule has 0 saturated heterocycles. The number of hydrogen-bond acceptors (Lipinski definition) is 6. The van der Waals surface area contributed by atoms with Crippen molar-refractivity contribution in [2.24, 2.45) is 5.16 Å². The van der Waals surface area contributed by atoms with E-state index in [0.717, 1.165) is 24.8 Å². The Balaban J connectivity index is 1.84. The molecule has 0 unspecified atom stereocenters. The third-order valence-electron chi connectivity index (χ3n) is 3.43. The number of rotatable bonds is 10. The van der Waals surface area contributed by atoms with E-state index in [9.17, 15) is 4.79 Å². The Morgan fingerprint density at radius 1 is 1.12 bits per heavy atom. The molecular weight excluding hydrogens is 318 g/mol. The quantitative estimate of drug-likeness (QED) is 0.287. The van der Waals surface area contributed by atoms with Crippen molar-refractivity contribution >= 4 is 11.7 Å². The Labute approximate surface area is 147 Å². The Morgan fingerprint density at radius 3 is 2.68 bits per heavy atom. The Morgan fingerprint density at radius 2 is 1.96 bits per heavy atom. The van der Waals surface area contributed by atoms with E-state index >= 15 is 0 Å². The smallest absolute Gasteiger partial charge is 0.305 e. The fourth-order valence-electron chi connectivity index (χ4n) is 2.22. The lowest BCUT2D eigenvalue weighted by molar-refractivity contribution is -0.143. The molecule has 0 atom stereocenters. The van der Waals surface area contributed by atoms with Crippen LogP contribution in [0.5, 0.6) is 0 Å². The first-order valence-corrected chi connectivity index (χ1v) is 8.48. The predicted molar refractivity (Wildman–Crippen MR) is 95.2 cm³/mol. The van der Waals surface area contributed by atoms with E-state index in [1.807, 2.05) is 37.3 Å². The number of benzene rings is 1. The zero-order valence-electron chi connectivity index (χ0n) is 14.4. The number of esters is 1. The zero-order valence-corrected chi connectivity index (χ0v) is 14.4. The Hall–Kier alpha value is -2.76. The average molecular weight is 341 g/mol. The third-order valence-corrected chi connectivity index (χ3v) is 3.43. The Kier molecular flexibility index (Phi) is 8.11.